The summed E-state index contributed by atoms with van der Waals surface area (Å²) in [4.78, 5) is 17.4. The van der Waals surface area contributed by atoms with Gasteiger partial charge in [0.25, 0.3) is 0 Å². The lowest BCUT2D eigenvalue weighted by Gasteiger charge is -2.16. The minimum absolute atomic E-state index is 0.143. The van der Waals surface area contributed by atoms with Crippen molar-refractivity contribution in [1.82, 2.24) is 9.55 Å². The number of methoxy groups -OCH3 is 2. The van der Waals surface area contributed by atoms with E-state index in [1.54, 1.807) is 38.5 Å². The van der Waals surface area contributed by atoms with Gasteiger partial charge in [-0.3, -0.25) is 4.57 Å². The van der Waals surface area contributed by atoms with Gasteiger partial charge in [-0.2, -0.15) is 0 Å². The first-order valence-corrected chi connectivity index (χ1v) is 11.9. The number of aromatic carboxylic acids is 1. The second-order valence-electron chi connectivity index (χ2n) is 8.23. The minimum atomic E-state index is -1.04. The summed E-state index contributed by atoms with van der Waals surface area (Å²) in [5.41, 5.74) is 4.36. The highest BCUT2D eigenvalue weighted by molar-refractivity contribution is 6.33. The average molecular weight is 511 g/mol. The van der Waals surface area contributed by atoms with Crippen LogP contribution in [0.4, 0.5) is 0 Å². The molecule has 0 unspecified atom stereocenters. The molecule has 0 fully saturated rings. The van der Waals surface area contributed by atoms with Gasteiger partial charge in [-0.05, 0) is 72.8 Å². The number of halogens is 1. The first-order valence-electron chi connectivity index (χ1n) is 11.5. The smallest absolute Gasteiger partial charge is 0.337 e. The first kappa shape index (κ1) is 24.2. The van der Waals surface area contributed by atoms with E-state index in [2.05, 4.69) is 0 Å². The third kappa shape index (κ3) is 4.55. The predicted molar refractivity (Wildman–Crippen MR) is 145 cm³/mol. The number of carboxylic acids is 1. The molecule has 1 N–H and O–H groups in total. The molecule has 0 saturated heterocycles. The van der Waals surface area contributed by atoms with Gasteiger partial charge in [-0.25, -0.2) is 9.78 Å². The summed E-state index contributed by atoms with van der Waals surface area (Å²) in [7, 11) is 3.23. The van der Waals surface area contributed by atoms with Gasteiger partial charge in [-0.1, -0.05) is 35.9 Å². The zero-order chi connectivity index (χ0) is 25.9. The van der Waals surface area contributed by atoms with E-state index < -0.39 is 5.97 Å². The van der Waals surface area contributed by atoms with Crippen molar-refractivity contribution < 1.29 is 19.4 Å². The standard InChI is InChI=1S/C30H23ClN2O4/c1-36-21-15-11-19(12-16-21)27-28(20-13-17-22(37-2)18-14-20)33(26-10-6-4-8-24(26)30(34)35)29(32-27)23-7-3-5-9-25(23)31/h3-18H,1-2H3,(H,34,35). The maximum absolute atomic E-state index is 12.3. The summed E-state index contributed by atoms with van der Waals surface area (Å²) in [6.07, 6.45) is 0. The lowest BCUT2D eigenvalue weighted by Crippen LogP contribution is -2.08. The fourth-order valence-electron chi connectivity index (χ4n) is 4.29. The fraction of sp³-hybridized carbons (Fsp3) is 0.0667. The van der Waals surface area contributed by atoms with Crippen LogP contribution in [0.2, 0.25) is 5.02 Å². The highest BCUT2D eigenvalue weighted by Crippen LogP contribution is 2.41. The maximum Gasteiger partial charge on any atom is 0.337 e. The van der Waals surface area contributed by atoms with Gasteiger partial charge in [-0.15, -0.1) is 0 Å². The van der Waals surface area contributed by atoms with Crippen LogP contribution in [0.1, 0.15) is 10.4 Å². The largest absolute Gasteiger partial charge is 0.497 e. The molecule has 5 aromatic rings. The van der Waals surface area contributed by atoms with E-state index in [1.165, 1.54) is 0 Å². The molecule has 0 aliphatic heterocycles. The SMILES string of the molecule is COc1ccc(-c2nc(-c3ccccc3Cl)n(-c3ccccc3C(=O)O)c2-c2ccc(OC)cc2)cc1. The summed E-state index contributed by atoms with van der Waals surface area (Å²) in [5, 5.41) is 10.6. The molecule has 7 heteroatoms. The van der Waals surface area contributed by atoms with E-state index >= 15 is 0 Å². The van der Waals surface area contributed by atoms with Crippen LogP contribution in [0, 0.1) is 0 Å². The molecule has 0 radical (unpaired) electrons. The van der Waals surface area contributed by atoms with Gasteiger partial charge in [0.2, 0.25) is 0 Å². The Hall–Kier alpha value is -4.55. The third-order valence-corrected chi connectivity index (χ3v) is 6.42. The predicted octanol–water partition coefficient (Wildman–Crippen LogP) is 7.24. The normalized spacial score (nSPS) is 10.8. The van der Waals surface area contributed by atoms with Crippen molar-refractivity contribution >= 4 is 17.6 Å². The fourth-order valence-corrected chi connectivity index (χ4v) is 4.51. The van der Waals surface area contributed by atoms with Crippen molar-refractivity contribution in [3.05, 3.63) is 108 Å². The van der Waals surface area contributed by atoms with Gasteiger partial charge in [0, 0.05) is 16.7 Å². The van der Waals surface area contributed by atoms with Crippen molar-refractivity contribution in [2.75, 3.05) is 14.2 Å². The van der Waals surface area contributed by atoms with E-state index in [1.807, 2.05) is 77.4 Å². The van der Waals surface area contributed by atoms with E-state index in [9.17, 15) is 9.90 Å². The summed E-state index contributed by atoms with van der Waals surface area (Å²) in [5.74, 6) is 0.909. The molecular formula is C30H23ClN2O4. The lowest BCUT2D eigenvalue weighted by atomic mass is 10.0. The third-order valence-electron chi connectivity index (χ3n) is 6.09. The number of imidazole rings is 1. The minimum Gasteiger partial charge on any atom is -0.497 e. The number of ether oxygens (including phenoxy) is 2. The molecule has 5 rings (SSSR count). The van der Waals surface area contributed by atoms with Gasteiger partial charge in [0.15, 0.2) is 0 Å². The van der Waals surface area contributed by atoms with Crippen LogP contribution in [0.25, 0.3) is 39.6 Å². The van der Waals surface area contributed by atoms with Crippen LogP contribution in [-0.4, -0.2) is 34.8 Å². The van der Waals surface area contributed by atoms with Gasteiger partial charge in [0.05, 0.1) is 41.9 Å². The Morgan fingerprint density at radius 3 is 1.95 bits per heavy atom. The number of carbonyl (C=O) groups is 1. The van der Waals surface area contributed by atoms with Gasteiger partial charge in [0.1, 0.15) is 17.3 Å². The number of hydrogen-bond donors (Lipinski definition) is 1. The van der Waals surface area contributed by atoms with Crippen LogP contribution in [0.5, 0.6) is 11.5 Å². The molecule has 1 heterocycles. The summed E-state index contributed by atoms with van der Waals surface area (Å²) in [6, 6.07) is 29.4. The van der Waals surface area contributed by atoms with Crippen molar-refractivity contribution in [2.24, 2.45) is 0 Å². The molecule has 0 spiro atoms. The molecule has 4 aromatic carbocycles. The Morgan fingerprint density at radius 2 is 1.35 bits per heavy atom. The average Bonchev–Trinajstić information content (AvgIpc) is 3.33. The highest BCUT2D eigenvalue weighted by atomic mass is 35.5. The number of para-hydroxylation sites is 1. The molecule has 37 heavy (non-hydrogen) atoms. The molecule has 0 aliphatic carbocycles. The zero-order valence-corrected chi connectivity index (χ0v) is 20.9. The van der Waals surface area contributed by atoms with Gasteiger partial charge < -0.3 is 14.6 Å². The monoisotopic (exact) mass is 510 g/mol. The summed E-state index contributed by atoms with van der Waals surface area (Å²) in [6.45, 7) is 0. The van der Waals surface area contributed by atoms with Crippen LogP contribution in [-0.2, 0) is 0 Å². The number of rotatable bonds is 7. The van der Waals surface area contributed by atoms with Crippen LogP contribution >= 0.6 is 11.6 Å². The molecule has 0 atom stereocenters. The highest BCUT2D eigenvalue weighted by Gasteiger charge is 2.26. The number of aromatic nitrogens is 2. The Bertz CT molecular complexity index is 1570. The first-order chi connectivity index (χ1) is 18.0. The Labute approximate surface area is 219 Å². The molecule has 6 nitrogen and oxygen atoms in total. The quantitative estimate of drug-likeness (QED) is 0.250. The number of hydrogen-bond acceptors (Lipinski definition) is 4. The molecule has 1 aromatic heterocycles. The van der Waals surface area contributed by atoms with Crippen molar-refractivity contribution in [2.45, 2.75) is 0 Å². The zero-order valence-electron chi connectivity index (χ0n) is 20.2. The molecule has 0 saturated carbocycles. The summed E-state index contributed by atoms with van der Waals surface area (Å²) < 4.78 is 12.6. The Balaban J connectivity index is 1.91. The maximum atomic E-state index is 12.3. The van der Waals surface area contributed by atoms with Crippen LogP contribution in [0.15, 0.2) is 97.1 Å². The summed E-state index contributed by atoms with van der Waals surface area (Å²) >= 11 is 6.65. The molecule has 0 aliphatic rings. The topological polar surface area (TPSA) is 73.6 Å². The molecular weight excluding hydrogens is 488 g/mol. The second kappa shape index (κ2) is 10.2. The molecule has 184 valence electrons. The van der Waals surface area contributed by atoms with E-state index in [-0.39, 0.29) is 5.56 Å². The van der Waals surface area contributed by atoms with Crippen LogP contribution in [0.3, 0.4) is 0 Å². The lowest BCUT2D eigenvalue weighted by molar-refractivity contribution is 0.0697. The van der Waals surface area contributed by atoms with Crippen LogP contribution < -0.4 is 9.47 Å². The Kier molecular flexibility index (Phi) is 6.66. The van der Waals surface area contributed by atoms with Gasteiger partial charge >= 0.3 is 5.97 Å². The number of carboxylic acid groups (broad SMARTS) is 1. The van der Waals surface area contributed by atoms with Crippen molar-refractivity contribution in [3.63, 3.8) is 0 Å². The number of nitrogens with zero attached hydrogens (tertiary/aromatic N) is 2. The van der Waals surface area contributed by atoms with Crippen molar-refractivity contribution in [3.8, 4) is 51.1 Å². The number of benzene rings is 4. The molecule has 0 amide bonds. The molecule has 0 bridgehead atoms. The van der Waals surface area contributed by atoms with E-state index in [4.69, 9.17) is 26.1 Å². The van der Waals surface area contributed by atoms with Crippen molar-refractivity contribution in [1.29, 1.82) is 0 Å². The van der Waals surface area contributed by atoms with E-state index in [0.717, 1.165) is 22.6 Å². The van der Waals surface area contributed by atoms with E-state index in [0.29, 0.717) is 33.5 Å². The second-order valence-corrected chi connectivity index (χ2v) is 8.63. The Morgan fingerprint density at radius 1 is 0.784 bits per heavy atom.